The predicted octanol–water partition coefficient (Wildman–Crippen LogP) is 4.15. The maximum absolute atomic E-state index is 13.1. The maximum atomic E-state index is 13.1. The first kappa shape index (κ1) is 19.4. The van der Waals surface area contributed by atoms with E-state index in [0.29, 0.717) is 17.2 Å². The molecule has 3 heterocycles. The Morgan fingerprint density at radius 3 is 2.50 bits per heavy atom. The summed E-state index contributed by atoms with van der Waals surface area (Å²) >= 11 is 0.313. The Hall–Kier alpha value is -2.52. The lowest BCUT2D eigenvalue weighted by molar-refractivity contribution is 0.271. The van der Waals surface area contributed by atoms with Crippen molar-refractivity contribution >= 4 is 38.4 Å². The lowest BCUT2D eigenvalue weighted by Crippen LogP contribution is -2.28. The van der Waals surface area contributed by atoms with E-state index < -0.39 is 11.2 Å². The molecule has 1 unspecified atom stereocenters. The summed E-state index contributed by atoms with van der Waals surface area (Å²) in [6.45, 7) is -0.209. The summed E-state index contributed by atoms with van der Waals surface area (Å²) in [4.78, 5) is 13.9. The summed E-state index contributed by atoms with van der Waals surface area (Å²) in [6.07, 6.45) is 6.42. The number of aliphatic hydroxyl groups is 1. The minimum atomic E-state index is -1.10. The SMILES string of the molecule is Nc1c([S+]([O-])C2CCC2)sc2nc(-c3cnc(CO)nc3)cc(-c3ccccc3)c12. The number of anilines is 1. The van der Waals surface area contributed by atoms with Crippen molar-refractivity contribution in [1.82, 2.24) is 15.0 Å². The summed E-state index contributed by atoms with van der Waals surface area (Å²) in [5.74, 6) is 0.363. The fraction of sp³-hybridized carbons (Fsp3) is 0.227. The molecule has 1 aromatic carbocycles. The Bertz CT molecular complexity index is 1190. The van der Waals surface area contributed by atoms with Crippen LogP contribution < -0.4 is 5.73 Å². The molecule has 0 aliphatic heterocycles. The molecule has 4 aromatic rings. The van der Waals surface area contributed by atoms with Gasteiger partial charge in [0, 0.05) is 34.5 Å². The third kappa shape index (κ3) is 3.35. The molecule has 0 amide bonds. The van der Waals surface area contributed by atoms with E-state index >= 15 is 0 Å². The van der Waals surface area contributed by atoms with Crippen molar-refractivity contribution in [2.45, 2.75) is 35.3 Å². The zero-order valence-corrected chi connectivity index (χ0v) is 17.7. The Labute approximate surface area is 181 Å². The first-order chi connectivity index (χ1) is 14.7. The number of fused-ring (bicyclic) bond motifs is 1. The van der Waals surface area contributed by atoms with Gasteiger partial charge in [0.15, 0.2) is 5.82 Å². The van der Waals surface area contributed by atoms with Crippen LogP contribution in [0.2, 0.25) is 0 Å². The van der Waals surface area contributed by atoms with Gasteiger partial charge in [0.2, 0.25) is 4.21 Å². The summed E-state index contributed by atoms with van der Waals surface area (Å²) in [6, 6.07) is 12.0. The molecule has 5 rings (SSSR count). The van der Waals surface area contributed by atoms with E-state index in [4.69, 9.17) is 10.7 Å². The number of nitrogen functional groups attached to an aromatic ring is 1. The third-order valence-corrected chi connectivity index (χ3v) is 8.73. The molecule has 1 atom stereocenters. The topological polar surface area (TPSA) is 108 Å². The number of benzene rings is 1. The van der Waals surface area contributed by atoms with Gasteiger partial charge in [0.1, 0.15) is 22.4 Å². The quantitative estimate of drug-likeness (QED) is 0.455. The average Bonchev–Trinajstić information content (AvgIpc) is 3.09. The number of aromatic nitrogens is 3. The zero-order valence-electron chi connectivity index (χ0n) is 16.1. The number of nitrogens with two attached hydrogens (primary N) is 1. The maximum Gasteiger partial charge on any atom is 0.232 e. The molecular weight excluding hydrogens is 416 g/mol. The Morgan fingerprint density at radius 1 is 1.13 bits per heavy atom. The van der Waals surface area contributed by atoms with Crippen molar-refractivity contribution < 1.29 is 9.66 Å². The molecule has 1 aliphatic rings. The average molecular weight is 437 g/mol. The van der Waals surface area contributed by atoms with Gasteiger partial charge >= 0.3 is 0 Å². The molecule has 1 aliphatic carbocycles. The smallest absolute Gasteiger partial charge is 0.232 e. The highest BCUT2D eigenvalue weighted by Crippen LogP contribution is 2.45. The standard InChI is InChI=1S/C22H20N4O2S2/c23-20-19-16(13-5-2-1-3-6-13)9-17(14-10-24-18(12-27)25-11-14)26-21(19)29-22(20)30(28)15-7-4-8-15/h1-3,5-6,9-11,15,27H,4,7-8,12,23H2. The van der Waals surface area contributed by atoms with Crippen molar-refractivity contribution in [3.63, 3.8) is 0 Å². The van der Waals surface area contributed by atoms with E-state index in [1.54, 1.807) is 12.4 Å². The largest absolute Gasteiger partial charge is 0.611 e. The molecule has 152 valence electrons. The number of rotatable bonds is 5. The van der Waals surface area contributed by atoms with Crippen molar-refractivity contribution in [2.75, 3.05) is 5.73 Å². The number of pyridine rings is 1. The highest BCUT2D eigenvalue weighted by Gasteiger charge is 2.35. The van der Waals surface area contributed by atoms with Crippen LogP contribution in [0.4, 0.5) is 5.69 Å². The van der Waals surface area contributed by atoms with Crippen LogP contribution in [-0.2, 0) is 17.8 Å². The van der Waals surface area contributed by atoms with Crippen molar-refractivity contribution in [3.8, 4) is 22.4 Å². The number of hydrogen-bond acceptors (Lipinski definition) is 7. The van der Waals surface area contributed by atoms with Gasteiger partial charge in [0.05, 0.1) is 5.69 Å². The molecule has 3 aromatic heterocycles. The minimum Gasteiger partial charge on any atom is -0.611 e. The molecule has 0 saturated heterocycles. The lowest BCUT2D eigenvalue weighted by Gasteiger charge is -2.27. The van der Waals surface area contributed by atoms with E-state index in [-0.39, 0.29) is 11.9 Å². The molecule has 3 N–H and O–H groups in total. The van der Waals surface area contributed by atoms with E-state index in [2.05, 4.69) is 9.97 Å². The number of thiophene rings is 1. The summed E-state index contributed by atoms with van der Waals surface area (Å²) in [5, 5.41) is 10.3. The number of aliphatic hydroxyl groups excluding tert-OH is 1. The second kappa shape index (κ2) is 7.96. The lowest BCUT2D eigenvalue weighted by atomic mass is 10.00. The van der Waals surface area contributed by atoms with E-state index in [1.165, 1.54) is 11.3 Å². The van der Waals surface area contributed by atoms with Crippen LogP contribution in [0.1, 0.15) is 25.1 Å². The van der Waals surface area contributed by atoms with Crippen molar-refractivity contribution in [3.05, 3.63) is 54.6 Å². The van der Waals surface area contributed by atoms with E-state index in [9.17, 15) is 9.66 Å². The van der Waals surface area contributed by atoms with Crippen molar-refractivity contribution in [1.29, 1.82) is 0 Å². The van der Waals surface area contributed by atoms with Gasteiger partial charge in [-0.15, -0.1) is 0 Å². The molecule has 8 heteroatoms. The Kier molecular flexibility index (Phi) is 5.16. The molecule has 1 saturated carbocycles. The highest BCUT2D eigenvalue weighted by atomic mass is 32.2. The Balaban J connectivity index is 1.71. The van der Waals surface area contributed by atoms with Gasteiger partial charge in [-0.05, 0) is 36.5 Å². The zero-order chi connectivity index (χ0) is 20.7. The molecule has 1 fully saturated rings. The van der Waals surface area contributed by atoms with Crippen LogP contribution >= 0.6 is 11.3 Å². The fourth-order valence-electron chi connectivity index (χ4n) is 3.55. The molecular formula is C22H20N4O2S2. The van der Waals surface area contributed by atoms with Crippen LogP contribution in [0.25, 0.3) is 32.6 Å². The summed E-state index contributed by atoms with van der Waals surface area (Å²) in [7, 11) is 0. The van der Waals surface area contributed by atoms with Crippen LogP contribution in [0.15, 0.2) is 53.0 Å². The van der Waals surface area contributed by atoms with Gasteiger partial charge in [-0.25, -0.2) is 15.0 Å². The van der Waals surface area contributed by atoms with E-state index in [1.807, 2.05) is 36.4 Å². The minimum absolute atomic E-state index is 0.194. The van der Waals surface area contributed by atoms with E-state index in [0.717, 1.165) is 50.4 Å². The number of nitrogens with zero attached hydrogens (tertiary/aromatic N) is 3. The van der Waals surface area contributed by atoms with Gasteiger partial charge in [-0.2, -0.15) is 0 Å². The molecule has 0 bridgehead atoms. The monoisotopic (exact) mass is 436 g/mol. The predicted molar refractivity (Wildman–Crippen MR) is 120 cm³/mol. The van der Waals surface area contributed by atoms with Gasteiger partial charge < -0.3 is 15.4 Å². The molecule has 0 spiro atoms. The van der Waals surface area contributed by atoms with Crippen molar-refractivity contribution in [2.24, 2.45) is 0 Å². The summed E-state index contributed by atoms with van der Waals surface area (Å²) < 4.78 is 13.8. The normalized spacial score (nSPS) is 15.3. The third-order valence-electron chi connectivity index (χ3n) is 5.43. The van der Waals surface area contributed by atoms with Crippen LogP contribution in [0, 0.1) is 0 Å². The van der Waals surface area contributed by atoms with Crippen LogP contribution in [0.5, 0.6) is 0 Å². The molecule has 30 heavy (non-hydrogen) atoms. The number of hydrogen-bond donors (Lipinski definition) is 2. The fourth-order valence-corrected chi connectivity index (χ4v) is 6.76. The summed E-state index contributed by atoms with van der Waals surface area (Å²) in [5.41, 5.74) is 10.6. The highest BCUT2D eigenvalue weighted by molar-refractivity contribution is 7.94. The molecule has 0 radical (unpaired) electrons. The van der Waals surface area contributed by atoms with Crippen LogP contribution in [-0.4, -0.2) is 29.9 Å². The van der Waals surface area contributed by atoms with Gasteiger partial charge in [0.25, 0.3) is 0 Å². The van der Waals surface area contributed by atoms with Gasteiger partial charge in [-0.1, -0.05) is 41.7 Å². The van der Waals surface area contributed by atoms with Gasteiger partial charge in [-0.3, -0.25) is 0 Å². The van der Waals surface area contributed by atoms with Crippen LogP contribution in [0.3, 0.4) is 0 Å². The second-order valence-corrected chi connectivity index (χ2v) is 10.2. The second-order valence-electron chi connectivity index (χ2n) is 7.30. The Morgan fingerprint density at radius 2 is 1.87 bits per heavy atom. The molecule has 6 nitrogen and oxygen atoms in total. The first-order valence-corrected chi connectivity index (χ1v) is 11.8. The first-order valence-electron chi connectivity index (χ1n) is 9.77.